The number of aromatic nitrogens is 3. The highest BCUT2D eigenvalue weighted by molar-refractivity contribution is 5.16. The fraction of sp³-hybridized carbons (Fsp3) is 0.800. The first-order chi connectivity index (χ1) is 6.77. The van der Waals surface area contributed by atoms with Gasteiger partial charge in [0.15, 0.2) is 0 Å². The Kier molecular flexibility index (Phi) is 2.70. The normalized spacial score (nSPS) is 19.5. The third-order valence-corrected chi connectivity index (χ3v) is 2.93. The molecule has 0 aromatic carbocycles. The number of nitrogens with zero attached hydrogens (tertiary/aromatic N) is 3. The van der Waals surface area contributed by atoms with Crippen LogP contribution >= 0.6 is 0 Å². The van der Waals surface area contributed by atoms with Crippen LogP contribution in [0.15, 0.2) is 0 Å². The largest absolute Gasteiger partial charge is 0.368 e. The third kappa shape index (κ3) is 1.89. The number of hydrogen-bond acceptors (Lipinski definition) is 3. The zero-order chi connectivity index (χ0) is 9.97. The molecule has 0 unspecified atom stereocenters. The molecule has 0 spiro atoms. The van der Waals surface area contributed by atoms with Gasteiger partial charge in [0.2, 0.25) is 5.95 Å². The van der Waals surface area contributed by atoms with Crippen molar-refractivity contribution in [1.29, 1.82) is 0 Å². The highest BCUT2D eigenvalue weighted by Gasteiger charge is 2.17. The van der Waals surface area contributed by atoms with Crippen LogP contribution in [0.25, 0.3) is 0 Å². The maximum atomic E-state index is 5.81. The van der Waals surface area contributed by atoms with Gasteiger partial charge < -0.3 is 5.73 Å². The quantitative estimate of drug-likeness (QED) is 0.696. The zero-order valence-electron chi connectivity index (χ0n) is 8.74. The topological polar surface area (TPSA) is 56.7 Å². The number of nitrogen functional groups attached to an aromatic ring is 1. The summed E-state index contributed by atoms with van der Waals surface area (Å²) >= 11 is 0. The molecule has 1 aromatic rings. The van der Waals surface area contributed by atoms with Gasteiger partial charge >= 0.3 is 0 Å². The average Bonchev–Trinajstić information content (AvgIpc) is 2.43. The van der Waals surface area contributed by atoms with Gasteiger partial charge in [0.05, 0.1) is 6.04 Å². The van der Waals surface area contributed by atoms with Crippen LogP contribution in [0.4, 0.5) is 5.95 Å². The van der Waals surface area contributed by atoms with Crippen molar-refractivity contribution < 1.29 is 0 Å². The molecule has 2 N–H and O–H groups in total. The summed E-state index contributed by atoms with van der Waals surface area (Å²) in [5.74, 6) is 1.36. The Labute approximate surface area is 84.5 Å². The van der Waals surface area contributed by atoms with Crippen molar-refractivity contribution in [1.82, 2.24) is 14.8 Å². The SMILES string of the molecule is Cc1nc(N)n(C2CCCCCC2)n1. The van der Waals surface area contributed by atoms with Crippen molar-refractivity contribution in [2.75, 3.05) is 5.73 Å². The Morgan fingerprint density at radius 1 is 1.21 bits per heavy atom. The van der Waals surface area contributed by atoms with Gasteiger partial charge in [-0.05, 0) is 19.8 Å². The lowest BCUT2D eigenvalue weighted by Crippen LogP contribution is -2.12. The van der Waals surface area contributed by atoms with Crippen LogP contribution in [0.2, 0.25) is 0 Å². The van der Waals surface area contributed by atoms with E-state index in [2.05, 4.69) is 10.1 Å². The van der Waals surface area contributed by atoms with Crippen LogP contribution in [0.3, 0.4) is 0 Å². The van der Waals surface area contributed by atoms with E-state index in [1.807, 2.05) is 11.6 Å². The Morgan fingerprint density at radius 2 is 1.86 bits per heavy atom. The van der Waals surface area contributed by atoms with Crippen molar-refractivity contribution in [3.8, 4) is 0 Å². The summed E-state index contributed by atoms with van der Waals surface area (Å²) in [4.78, 5) is 4.15. The van der Waals surface area contributed by atoms with Crippen LogP contribution in [0.5, 0.6) is 0 Å². The molecule has 1 aliphatic rings. The number of hydrogen-bond donors (Lipinski definition) is 1. The van der Waals surface area contributed by atoms with Crippen molar-refractivity contribution in [3.05, 3.63) is 5.82 Å². The minimum Gasteiger partial charge on any atom is -0.368 e. The highest BCUT2D eigenvalue weighted by Crippen LogP contribution is 2.27. The molecule has 0 amide bonds. The Balaban J connectivity index is 2.15. The zero-order valence-corrected chi connectivity index (χ0v) is 8.74. The van der Waals surface area contributed by atoms with Crippen molar-refractivity contribution >= 4 is 5.95 Å². The molecule has 78 valence electrons. The molecule has 0 radical (unpaired) electrons. The fourth-order valence-corrected chi connectivity index (χ4v) is 2.22. The molecular weight excluding hydrogens is 176 g/mol. The predicted octanol–water partition coefficient (Wildman–Crippen LogP) is 2.06. The predicted molar refractivity (Wildman–Crippen MR) is 55.9 cm³/mol. The summed E-state index contributed by atoms with van der Waals surface area (Å²) in [6, 6.07) is 0.485. The summed E-state index contributed by atoms with van der Waals surface area (Å²) in [6.45, 7) is 1.89. The summed E-state index contributed by atoms with van der Waals surface area (Å²) in [7, 11) is 0. The van der Waals surface area contributed by atoms with Gasteiger partial charge in [0.25, 0.3) is 0 Å². The molecule has 2 rings (SSSR count). The number of nitrogens with two attached hydrogens (primary N) is 1. The Hall–Kier alpha value is -1.06. The maximum absolute atomic E-state index is 5.81. The van der Waals surface area contributed by atoms with E-state index >= 15 is 0 Å². The summed E-state index contributed by atoms with van der Waals surface area (Å²) in [5, 5.41) is 4.36. The van der Waals surface area contributed by atoms with E-state index in [1.54, 1.807) is 0 Å². The first-order valence-electron chi connectivity index (χ1n) is 5.46. The van der Waals surface area contributed by atoms with Crippen LogP contribution in [-0.2, 0) is 0 Å². The standard InChI is InChI=1S/C10H18N4/c1-8-12-10(11)14(13-8)9-6-4-2-3-5-7-9/h9H,2-7H2,1H3,(H2,11,12,13). The average molecular weight is 194 g/mol. The van der Waals surface area contributed by atoms with E-state index in [0.29, 0.717) is 12.0 Å². The smallest absolute Gasteiger partial charge is 0.218 e. The van der Waals surface area contributed by atoms with Gasteiger partial charge in [-0.25, -0.2) is 4.68 Å². The monoisotopic (exact) mass is 194 g/mol. The summed E-state index contributed by atoms with van der Waals surface area (Å²) in [6.07, 6.45) is 7.69. The van der Waals surface area contributed by atoms with Crippen molar-refractivity contribution in [2.24, 2.45) is 0 Å². The molecule has 4 nitrogen and oxygen atoms in total. The second-order valence-electron chi connectivity index (χ2n) is 4.11. The van der Waals surface area contributed by atoms with Gasteiger partial charge in [0.1, 0.15) is 5.82 Å². The highest BCUT2D eigenvalue weighted by atomic mass is 15.4. The molecule has 0 aliphatic heterocycles. The van der Waals surface area contributed by atoms with Crippen LogP contribution in [0.1, 0.15) is 50.4 Å². The van der Waals surface area contributed by atoms with Crippen molar-refractivity contribution in [3.63, 3.8) is 0 Å². The van der Waals surface area contributed by atoms with E-state index in [9.17, 15) is 0 Å². The molecular formula is C10H18N4. The molecule has 1 saturated carbocycles. The molecule has 1 aromatic heterocycles. The Bertz CT molecular complexity index is 297. The number of rotatable bonds is 1. The third-order valence-electron chi connectivity index (χ3n) is 2.93. The molecule has 1 fully saturated rings. The maximum Gasteiger partial charge on any atom is 0.218 e. The first kappa shape index (κ1) is 9.49. The number of aryl methyl sites for hydroxylation is 1. The van der Waals surface area contributed by atoms with E-state index in [0.717, 1.165) is 5.82 Å². The lowest BCUT2D eigenvalue weighted by atomic mass is 10.1. The number of anilines is 1. The minimum atomic E-state index is 0.485. The first-order valence-corrected chi connectivity index (χ1v) is 5.46. The summed E-state index contributed by atoms with van der Waals surface area (Å²) in [5.41, 5.74) is 5.81. The summed E-state index contributed by atoms with van der Waals surface area (Å²) < 4.78 is 1.92. The van der Waals surface area contributed by atoms with Gasteiger partial charge in [-0.3, -0.25) is 0 Å². The molecule has 0 bridgehead atoms. The van der Waals surface area contributed by atoms with E-state index < -0.39 is 0 Å². The molecule has 1 heterocycles. The van der Waals surface area contributed by atoms with Gasteiger partial charge in [0, 0.05) is 0 Å². The Morgan fingerprint density at radius 3 is 2.36 bits per heavy atom. The van der Waals surface area contributed by atoms with Crippen LogP contribution in [-0.4, -0.2) is 14.8 Å². The molecule has 4 heteroatoms. The molecule has 0 saturated heterocycles. The second-order valence-corrected chi connectivity index (χ2v) is 4.11. The van der Waals surface area contributed by atoms with E-state index in [4.69, 9.17) is 5.73 Å². The van der Waals surface area contributed by atoms with Gasteiger partial charge in [-0.15, -0.1) is 0 Å². The van der Waals surface area contributed by atoms with Crippen molar-refractivity contribution in [2.45, 2.75) is 51.5 Å². The minimum absolute atomic E-state index is 0.485. The van der Waals surface area contributed by atoms with Gasteiger partial charge in [-0.1, -0.05) is 25.7 Å². The molecule has 1 aliphatic carbocycles. The van der Waals surface area contributed by atoms with E-state index in [-0.39, 0.29) is 0 Å². The lowest BCUT2D eigenvalue weighted by Gasteiger charge is -2.14. The van der Waals surface area contributed by atoms with Crippen LogP contribution in [0, 0.1) is 6.92 Å². The fourth-order valence-electron chi connectivity index (χ4n) is 2.22. The van der Waals surface area contributed by atoms with E-state index in [1.165, 1.54) is 38.5 Å². The molecule has 0 atom stereocenters. The molecule has 14 heavy (non-hydrogen) atoms. The second kappa shape index (κ2) is 3.98. The van der Waals surface area contributed by atoms with Gasteiger partial charge in [-0.2, -0.15) is 10.1 Å². The van der Waals surface area contributed by atoms with Crippen LogP contribution < -0.4 is 5.73 Å². The lowest BCUT2D eigenvalue weighted by molar-refractivity contribution is 0.409.